The van der Waals surface area contributed by atoms with Gasteiger partial charge in [-0.2, -0.15) is 0 Å². The zero-order chi connectivity index (χ0) is 11.4. The Balaban J connectivity index is 3.00. The van der Waals surface area contributed by atoms with Crippen LogP contribution in [0.15, 0.2) is 18.2 Å². The summed E-state index contributed by atoms with van der Waals surface area (Å²) in [7, 11) is 0. The Morgan fingerprint density at radius 2 is 2.20 bits per heavy atom. The third-order valence-corrected chi connectivity index (χ3v) is 2.33. The number of nitrogens with two attached hydrogens (primary N) is 1. The van der Waals surface area contributed by atoms with Crippen molar-refractivity contribution in [3.8, 4) is 5.75 Å². The molecule has 0 aromatic heterocycles. The average Bonchev–Trinajstić information content (AvgIpc) is 2.18. The van der Waals surface area contributed by atoms with E-state index in [1.807, 2.05) is 6.92 Å². The fourth-order valence-electron chi connectivity index (χ4n) is 1.53. The Bertz CT molecular complexity index is 363. The minimum Gasteiger partial charge on any atom is -0.508 e. The van der Waals surface area contributed by atoms with E-state index in [0.717, 1.165) is 5.56 Å². The smallest absolute Gasteiger partial charge is 0.304 e. The molecule has 0 fully saturated rings. The number of carbonyl (C=O) groups is 1. The van der Waals surface area contributed by atoms with Crippen LogP contribution in [-0.2, 0) is 4.79 Å². The number of hydrogen-bond acceptors (Lipinski definition) is 3. The molecule has 0 amide bonds. The molecule has 0 aliphatic carbocycles. The SMILES string of the molecule is Cc1ccc(O)c(C(CN)CC(=O)O)c1. The first-order valence-electron chi connectivity index (χ1n) is 4.76. The normalized spacial score (nSPS) is 12.4. The van der Waals surface area contributed by atoms with E-state index < -0.39 is 5.97 Å². The van der Waals surface area contributed by atoms with Gasteiger partial charge in [0.2, 0.25) is 0 Å². The van der Waals surface area contributed by atoms with Gasteiger partial charge in [-0.25, -0.2) is 0 Å². The highest BCUT2D eigenvalue weighted by molar-refractivity contribution is 5.68. The molecular formula is C11H15NO3. The van der Waals surface area contributed by atoms with Gasteiger partial charge in [0.05, 0.1) is 6.42 Å². The topological polar surface area (TPSA) is 83.5 Å². The lowest BCUT2D eigenvalue weighted by Gasteiger charge is -2.14. The molecule has 15 heavy (non-hydrogen) atoms. The molecule has 0 spiro atoms. The van der Waals surface area contributed by atoms with Crippen LogP contribution in [0.5, 0.6) is 5.75 Å². The molecule has 4 N–H and O–H groups in total. The highest BCUT2D eigenvalue weighted by atomic mass is 16.4. The maximum absolute atomic E-state index is 10.6. The minimum absolute atomic E-state index is 0.0620. The Morgan fingerprint density at radius 3 is 2.73 bits per heavy atom. The van der Waals surface area contributed by atoms with Crippen molar-refractivity contribution >= 4 is 5.97 Å². The highest BCUT2D eigenvalue weighted by Gasteiger charge is 2.17. The number of hydrogen-bond donors (Lipinski definition) is 3. The number of aromatic hydroxyl groups is 1. The van der Waals surface area contributed by atoms with E-state index in [4.69, 9.17) is 10.8 Å². The molecule has 4 heteroatoms. The number of benzene rings is 1. The summed E-state index contributed by atoms with van der Waals surface area (Å²) in [5.41, 5.74) is 7.09. The van der Waals surface area contributed by atoms with Gasteiger partial charge in [0.15, 0.2) is 0 Å². The maximum atomic E-state index is 10.6. The number of carboxylic acids is 1. The number of aliphatic carboxylic acids is 1. The lowest BCUT2D eigenvalue weighted by molar-refractivity contribution is -0.137. The van der Waals surface area contributed by atoms with Crippen LogP contribution in [0.4, 0.5) is 0 Å². The van der Waals surface area contributed by atoms with E-state index in [0.29, 0.717) is 5.56 Å². The van der Waals surface area contributed by atoms with Crippen molar-refractivity contribution in [1.82, 2.24) is 0 Å². The lowest BCUT2D eigenvalue weighted by Crippen LogP contribution is -2.16. The number of carboxylic acid groups (broad SMARTS) is 1. The van der Waals surface area contributed by atoms with Crippen LogP contribution in [0.3, 0.4) is 0 Å². The van der Waals surface area contributed by atoms with Crippen molar-refractivity contribution < 1.29 is 15.0 Å². The fraction of sp³-hybridized carbons (Fsp3) is 0.364. The molecule has 1 atom stereocenters. The molecule has 0 radical (unpaired) electrons. The molecule has 0 aliphatic rings. The molecule has 0 bridgehead atoms. The van der Waals surface area contributed by atoms with Gasteiger partial charge < -0.3 is 15.9 Å². The van der Waals surface area contributed by atoms with Crippen molar-refractivity contribution in [3.63, 3.8) is 0 Å². The fourth-order valence-corrected chi connectivity index (χ4v) is 1.53. The van der Waals surface area contributed by atoms with E-state index in [1.54, 1.807) is 18.2 Å². The van der Waals surface area contributed by atoms with Crippen molar-refractivity contribution in [3.05, 3.63) is 29.3 Å². The van der Waals surface area contributed by atoms with E-state index in [2.05, 4.69) is 0 Å². The second-order valence-corrected chi connectivity index (χ2v) is 3.59. The molecule has 0 heterocycles. The van der Waals surface area contributed by atoms with Crippen molar-refractivity contribution in [2.24, 2.45) is 5.73 Å². The summed E-state index contributed by atoms with van der Waals surface area (Å²) >= 11 is 0. The van der Waals surface area contributed by atoms with Crippen LogP contribution in [0.2, 0.25) is 0 Å². The Morgan fingerprint density at radius 1 is 1.53 bits per heavy atom. The quantitative estimate of drug-likeness (QED) is 0.696. The first-order valence-corrected chi connectivity index (χ1v) is 4.76. The van der Waals surface area contributed by atoms with Crippen molar-refractivity contribution in [2.75, 3.05) is 6.54 Å². The molecule has 82 valence electrons. The molecule has 1 unspecified atom stereocenters. The van der Waals surface area contributed by atoms with Crippen LogP contribution in [0, 0.1) is 6.92 Å². The third kappa shape index (κ3) is 2.95. The largest absolute Gasteiger partial charge is 0.508 e. The van der Waals surface area contributed by atoms with Crippen LogP contribution < -0.4 is 5.73 Å². The highest BCUT2D eigenvalue weighted by Crippen LogP contribution is 2.28. The standard InChI is InChI=1S/C11H15NO3/c1-7-2-3-10(13)9(4-7)8(6-12)5-11(14)15/h2-4,8,13H,5-6,12H2,1H3,(H,14,15). The first-order chi connectivity index (χ1) is 7.04. The molecule has 1 aromatic rings. The second-order valence-electron chi connectivity index (χ2n) is 3.59. The number of phenols is 1. The van der Waals surface area contributed by atoms with Crippen LogP contribution in [0.1, 0.15) is 23.5 Å². The van der Waals surface area contributed by atoms with Crippen LogP contribution in [-0.4, -0.2) is 22.7 Å². The van der Waals surface area contributed by atoms with E-state index >= 15 is 0 Å². The number of aryl methyl sites for hydroxylation is 1. The Labute approximate surface area is 88.3 Å². The maximum Gasteiger partial charge on any atom is 0.304 e. The van der Waals surface area contributed by atoms with E-state index in [-0.39, 0.29) is 24.6 Å². The van der Waals surface area contributed by atoms with Gasteiger partial charge in [-0.05, 0) is 25.1 Å². The monoisotopic (exact) mass is 209 g/mol. The van der Waals surface area contributed by atoms with Gasteiger partial charge in [0.1, 0.15) is 5.75 Å². The van der Waals surface area contributed by atoms with Gasteiger partial charge in [-0.1, -0.05) is 17.7 Å². The van der Waals surface area contributed by atoms with Gasteiger partial charge in [-0.3, -0.25) is 4.79 Å². The predicted octanol–water partition coefficient (Wildman–Crippen LogP) is 1.22. The molecule has 1 rings (SSSR count). The molecule has 0 aliphatic heterocycles. The predicted molar refractivity (Wildman–Crippen MR) is 56.9 cm³/mol. The Kier molecular flexibility index (Phi) is 3.68. The number of rotatable bonds is 4. The first kappa shape index (κ1) is 11.5. The van der Waals surface area contributed by atoms with E-state index in [1.165, 1.54) is 0 Å². The van der Waals surface area contributed by atoms with Crippen LogP contribution >= 0.6 is 0 Å². The molecular weight excluding hydrogens is 194 g/mol. The molecule has 0 saturated heterocycles. The van der Waals surface area contributed by atoms with Gasteiger partial charge in [-0.15, -0.1) is 0 Å². The van der Waals surface area contributed by atoms with Crippen LogP contribution in [0.25, 0.3) is 0 Å². The van der Waals surface area contributed by atoms with Gasteiger partial charge >= 0.3 is 5.97 Å². The summed E-state index contributed by atoms with van der Waals surface area (Å²) in [6.45, 7) is 2.10. The summed E-state index contributed by atoms with van der Waals surface area (Å²) < 4.78 is 0. The second kappa shape index (κ2) is 4.79. The van der Waals surface area contributed by atoms with Crippen molar-refractivity contribution in [2.45, 2.75) is 19.3 Å². The summed E-state index contributed by atoms with van der Waals surface area (Å²) in [6.07, 6.45) is -0.0620. The number of phenolic OH excluding ortho intramolecular Hbond substituents is 1. The summed E-state index contributed by atoms with van der Waals surface area (Å²) in [4.78, 5) is 10.6. The molecule has 0 saturated carbocycles. The summed E-state index contributed by atoms with van der Waals surface area (Å²) in [6, 6.07) is 5.11. The zero-order valence-electron chi connectivity index (χ0n) is 8.60. The molecule has 1 aromatic carbocycles. The van der Waals surface area contributed by atoms with E-state index in [9.17, 15) is 9.90 Å². The molecule has 4 nitrogen and oxygen atoms in total. The van der Waals surface area contributed by atoms with Gasteiger partial charge in [0, 0.05) is 5.92 Å². The third-order valence-electron chi connectivity index (χ3n) is 2.33. The summed E-state index contributed by atoms with van der Waals surface area (Å²) in [5.74, 6) is -1.13. The zero-order valence-corrected chi connectivity index (χ0v) is 8.60. The lowest BCUT2D eigenvalue weighted by atomic mass is 9.94. The van der Waals surface area contributed by atoms with Gasteiger partial charge in [0.25, 0.3) is 0 Å². The summed E-state index contributed by atoms with van der Waals surface area (Å²) in [5, 5.41) is 18.3. The minimum atomic E-state index is -0.911. The van der Waals surface area contributed by atoms with Crippen molar-refractivity contribution in [1.29, 1.82) is 0 Å². The average molecular weight is 209 g/mol. The Hall–Kier alpha value is -1.55.